The van der Waals surface area contributed by atoms with Gasteiger partial charge in [-0.15, -0.1) is 0 Å². The first-order valence-corrected chi connectivity index (χ1v) is 9.04. The maximum atomic E-state index is 12.8. The number of rotatable bonds is 3. The predicted octanol–water partition coefficient (Wildman–Crippen LogP) is 3.50. The van der Waals surface area contributed by atoms with Gasteiger partial charge >= 0.3 is 0 Å². The molecule has 1 atom stereocenters. The summed E-state index contributed by atoms with van der Waals surface area (Å²) in [5, 5.41) is 7.51. The van der Waals surface area contributed by atoms with Crippen molar-refractivity contribution in [3.63, 3.8) is 0 Å². The van der Waals surface area contributed by atoms with Crippen LogP contribution in [0.15, 0.2) is 36.8 Å². The van der Waals surface area contributed by atoms with E-state index in [1.165, 1.54) is 44.9 Å². The molecule has 5 heteroatoms. The Morgan fingerprint density at radius 3 is 2.79 bits per heavy atom. The van der Waals surface area contributed by atoms with Gasteiger partial charge in [-0.05, 0) is 49.3 Å². The topological polar surface area (TPSA) is 59.8 Å². The van der Waals surface area contributed by atoms with E-state index in [9.17, 15) is 4.79 Å². The first-order chi connectivity index (χ1) is 11.8. The zero-order valence-corrected chi connectivity index (χ0v) is 13.9. The standard InChI is InChI=1S/C19H24N4O/c24-18(15-7-12-20-17(14-15)23-13-5-11-21-23)22-16-6-4-10-19(16)8-2-1-3-9-19/h5,7,11-14,16H,1-4,6,8-10H2,(H,22,24). The molecule has 1 spiro atoms. The Morgan fingerprint density at radius 1 is 1.17 bits per heavy atom. The molecule has 0 saturated heterocycles. The molecule has 0 aromatic carbocycles. The van der Waals surface area contributed by atoms with Gasteiger partial charge in [-0.2, -0.15) is 5.10 Å². The van der Waals surface area contributed by atoms with Crippen molar-refractivity contribution in [1.29, 1.82) is 0 Å². The van der Waals surface area contributed by atoms with Crippen LogP contribution in [0.5, 0.6) is 0 Å². The molecule has 4 rings (SSSR count). The van der Waals surface area contributed by atoms with Crippen molar-refractivity contribution in [3.05, 3.63) is 42.4 Å². The molecule has 2 saturated carbocycles. The fourth-order valence-corrected chi connectivity index (χ4v) is 4.55. The SMILES string of the molecule is O=C(NC1CCCC12CCCCC2)c1ccnc(-n2cccn2)c1. The zero-order valence-electron chi connectivity index (χ0n) is 13.9. The van der Waals surface area contributed by atoms with Gasteiger partial charge in [0.2, 0.25) is 0 Å². The molecule has 2 fully saturated rings. The lowest BCUT2D eigenvalue weighted by Crippen LogP contribution is -2.45. The molecule has 126 valence electrons. The lowest BCUT2D eigenvalue weighted by molar-refractivity contribution is 0.0855. The zero-order chi connectivity index (χ0) is 16.4. The molecule has 1 N–H and O–H groups in total. The number of carbonyl (C=O) groups is 1. The van der Waals surface area contributed by atoms with E-state index < -0.39 is 0 Å². The molecular formula is C19H24N4O. The summed E-state index contributed by atoms with van der Waals surface area (Å²) >= 11 is 0. The fraction of sp³-hybridized carbons (Fsp3) is 0.526. The number of aromatic nitrogens is 3. The van der Waals surface area contributed by atoms with Crippen LogP contribution in [-0.4, -0.2) is 26.7 Å². The molecule has 2 aromatic rings. The quantitative estimate of drug-likeness (QED) is 0.940. The molecule has 0 aliphatic heterocycles. The molecule has 2 heterocycles. The summed E-state index contributed by atoms with van der Waals surface area (Å²) in [5.41, 5.74) is 1.01. The highest BCUT2D eigenvalue weighted by molar-refractivity contribution is 5.94. The number of pyridine rings is 1. The van der Waals surface area contributed by atoms with Crippen LogP contribution in [0.1, 0.15) is 61.7 Å². The molecule has 0 radical (unpaired) electrons. The van der Waals surface area contributed by atoms with Gasteiger partial charge in [-0.3, -0.25) is 4.79 Å². The second kappa shape index (κ2) is 6.38. The van der Waals surface area contributed by atoms with Crippen LogP contribution in [-0.2, 0) is 0 Å². The van der Waals surface area contributed by atoms with Crippen LogP contribution in [0.3, 0.4) is 0 Å². The third-order valence-corrected chi connectivity index (χ3v) is 5.81. The summed E-state index contributed by atoms with van der Waals surface area (Å²) in [6.07, 6.45) is 15.3. The second-order valence-corrected chi connectivity index (χ2v) is 7.19. The van der Waals surface area contributed by atoms with Crippen molar-refractivity contribution in [1.82, 2.24) is 20.1 Å². The van der Waals surface area contributed by atoms with Crippen LogP contribution < -0.4 is 5.32 Å². The van der Waals surface area contributed by atoms with Crippen LogP contribution in [0.2, 0.25) is 0 Å². The Labute approximate surface area is 142 Å². The first-order valence-electron chi connectivity index (χ1n) is 9.04. The van der Waals surface area contributed by atoms with E-state index in [1.807, 2.05) is 18.3 Å². The maximum Gasteiger partial charge on any atom is 0.251 e. The van der Waals surface area contributed by atoms with Crippen LogP contribution >= 0.6 is 0 Å². The van der Waals surface area contributed by atoms with Gasteiger partial charge in [0.15, 0.2) is 5.82 Å². The maximum absolute atomic E-state index is 12.8. The minimum atomic E-state index is 0.0163. The minimum Gasteiger partial charge on any atom is -0.349 e. The average Bonchev–Trinajstić information content (AvgIpc) is 3.27. The monoisotopic (exact) mass is 324 g/mol. The van der Waals surface area contributed by atoms with Gasteiger partial charge in [0.1, 0.15) is 0 Å². The van der Waals surface area contributed by atoms with E-state index >= 15 is 0 Å². The first kappa shape index (κ1) is 15.4. The average molecular weight is 324 g/mol. The highest BCUT2D eigenvalue weighted by Crippen LogP contribution is 2.49. The summed E-state index contributed by atoms with van der Waals surface area (Å²) in [5.74, 6) is 0.689. The Morgan fingerprint density at radius 2 is 2.00 bits per heavy atom. The highest BCUT2D eigenvalue weighted by Gasteiger charge is 2.43. The molecule has 1 unspecified atom stereocenters. The number of carbonyl (C=O) groups excluding carboxylic acids is 1. The largest absolute Gasteiger partial charge is 0.349 e. The van der Waals surface area contributed by atoms with Gasteiger partial charge in [-0.25, -0.2) is 9.67 Å². The van der Waals surface area contributed by atoms with Gasteiger partial charge in [-0.1, -0.05) is 25.7 Å². The van der Waals surface area contributed by atoms with Gasteiger partial charge < -0.3 is 5.32 Å². The van der Waals surface area contributed by atoms with Crippen molar-refractivity contribution in [2.24, 2.45) is 5.41 Å². The lowest BCUT2D eigenvalue weighted by Gasteiger charge is -2.39. The van der Waals surface area contributed by atoms with Crippen molar-refractivity contribution >= 4 is 5.91 Å². The van der Waals surface area contributed by atoms with E-state index in [2.05, 4.69) is 15.4 Å². The van der Waals surface area contributed by atoms with Crippen molar-refractivity contribution in [2.75, 3.05) is 0 Å². The number of nitrogens with zero attached hydrogens (tertiary/aromatic N) is 3. The van der Waals surface area contributed by atoms with E-state index in [-0.39, 0.29) is 5.91 Å². The lowest BCUT2D eigenvalue weighted by atomic mass is 9.70. The minimum absolute atomic E-state index is 0.0163. The number of amides is 1. The Hall–Kier alpha value is -2.17. The molecule has 2 aliphatic rings. The van der Waals surface area contributed by atoms with E-state index in [4.69, 9.17) is 0 Å². The van der Waals surface area contributed by atoms with Crippen LogP contribution in [0.4, 0.5) is 0 Å². The molecule has 2 aliphatic carbocycles. The molecule has 0 bridgehead atoms. The van der Waals surface area contributed by atoms with Crippen LogP contribution in [0, 0.1) is 5.41 Å². The highest BCUT2D eigenvalue weighted by atomic mass is 16.1. The van der Waals surface area contributed by atoms with Crippen molar-refractivity contribution in [2.45, 2.75) is 57.4 Å². The van der Waals surface area contributed by atoms with E-state index in [0.29, 0.717) is 22.8 Å². The molecular weight excluding hydrogens is 300 g/mol. The number of nitrogens with one attached hydrogen (secondary N) is 1. The Kier molecular flexibility index (Phi) is 4.08. The van der Waals surface area contributed by atoms with Crippen molar-refractivity contribution < 1.29 is 4.79 Å². The molecule has 5 nitrogen and oxygen atoms in total. The normalized spacial score (nSPS) is 22.6. The molecule has 1 amide bonds. The Bertz CT molecular complexity index is 704. The van der Waals surface area contributed by atoms with Crippen LogP contribution in [0.25, 0.3) is 5.82 Å². The summed E-state index contributed by atoms with van der Waals surface area (Å²) in [7, 11) is 0. The third-order valence-electron chi connectivity index (χ3n) is 5.81. The van der Waals surface area contributed by atoms with E-state index in [0.717, 1.165) is 6.42 Å². The number of hydrogen-bond acceptors (Lipinski definition) is 3. The summed E-state index contributed by atoms with van der Waals surface area (Å²) < 4.78 is 1.68. The van der Waals surface area contributed by atoms with Crippen molar-refractivity contribution in [3.8, 4) is 5.82 Å². The van der Waals surface area contributed by atoms with E-state index in [1.54, 1.807) is 23.1 Å². The second-order valence-electron chi connectivity index (χ2n) is 7.19. The molecule has 24 heavy (non-hydrogen) atoms. The number of hydrogen-bond donors (Lipinski definition) is 1. The summed E-state index contributed by atoms with van der Waals surface area (Å²) in [6, 6.07) is 5.77. The smallest absolute Gasteiger partial charge is 0.251 e. The summed E-state index contributed by atoms with van der Waals surface area (Å²) in [4.78, 5) is 17.1. The molecule has 2 aromatic heterocycles. The van der Waals surface area contributed by atoms with Gasteiger partial charge in [0.05, 0.1) is 0 Å². The summed E-state index contributed by atoms with van der Waals surface area (Å²) in [6.45, 7) is 0. The third kappa shape index (κ3) is 2.83. The Balaban J connectivity index is 1.51. The predicted molar refractivity (Wildman–Crippen MR) is 92.0 cm³/mol. The fourth-order valence-electron chi connectivity index (χ4n) is 4.55. The van der Waals surface area contributed by atoms with Gasteiger partial charge in [0, 0.05) is 30.2 Å². The van der Waals surface area contributed by atoms with Gasteiger partial charge in [0.25, 0.3) is 5.91 Å².